The second-order valence-corrected chi connectivity index (χ2v) is 2.72. The number of hydrogen-bond donors (Lipinski definition) is 1. The molecule has 1 N–H and O–H groups in total. The quantitative estimate of drug-likeness (QED) is 0.774. The van der Waals surface area contributed by atoms with Crippen LogP contribution in [0.25, 0.3) is 5.57 Å². The molecule has 0 aliphatic carbocycles. The molecule has 1 heterocycles. The maximum atomic E-state index is 10.9. The minimum Gasteiger partial charge on any atom is -0.431 e. The molecule has 0 bridgehead atoms. The fourth-order valence-electron chi connectivity index (χ4n) is 0.735. The highest BCUT2D eigenvalue weighted by molar-refractivity contribution is 5.88. The van der Waals surface area contributed by atoms with E-state index in [9.17, 15) is 4.79 Å². The lowest BCUT2D eigenvalue weighted by Crippen LogP contribution is -2.09. The van der Waals surface area contributed by atoms with E-state index in [4.69, 9.17) is 4.42 Å². The summed E-state index contributed by atoms with van der Waals surface area (Å²) in [5, 5.41) is 2.51. The molecular formula is C9H12N2O2. The van der Waals surface area contributed by atoms with Crippen LogP contribution in [0.5, 0.6) is 0 Å². The van der Waals surface area contributed by atoms with Gasteiger partial charge in [0.25, 0.3) is 0 Å². The van der Waals surface area contributed by atoms with E-state index in [-0.39, 0.29) is 11.9 Å². The Hall–Kier alpha value is -1.58. The third-order valence-electron chi connectivity index (χ3n) is 1.51. The van der Waals surface area contributed by atoms with Gasteiger partial charge >= 0.3 is 6.01 Å². The average molecular weight is 180 g/mol. The van der Waals surface area contributed by atoms with Crippen molar-refractivity contribution in [2.45, 2.75) is 20.3 Å². The lowest BCUT2D eigenvalue weighted by Gasteiger charge is -1.94. The van der Waals surface area contributed by atoms with Crippen molar-refractivity contribution in [3.63, 3.8) is 0 Å². The molecule has 1 rings (SSSR count). The molecule has 13 heavy (non-hydrogen) atoms. The van der Waals surface area contributed by atoms with Crippen LogP contribution in [-0.4, -0.2) is 10.9 Å². The Kier molecular flexibility index (Phi) is 2.84. The Balaban J connectivity index is 2.69. The Bertz CT molecular complexity index is 328. The van der Waals surface area contributed by atoms with Crippen LogP contribution in [-0.2, 0) is 4.79 Å². The van der Waals surface area contributed by atoms with Gasteiger partial charge in [0.2, 0.25) is 5.91 Å². The first-order valence-corrected chi connectivity index (χ1v) is 4.04. The fraction of sp³-hybridized carbons (Fsp3) is 0.333. The number of allylic oxidation sites excluding steroid dienone is 1. The van der Waals surface area contributed by atoms with E-state index in [1.807, 2.05) is 6.92 Å². The van der Waals surface area contributed by atoms with Gasteiger partial charge in [-0.15, -0.1) is 0 Å². The molecule has 0 aromatic carbocycles. The molecule has 0 aliphatic heterocycles. The number of amides is 1. The van der Waals surface area contributed by atoms with E-state index >= 15 is 0 Å². The molecule has 0 fully saturated rings. The molecule has 0 unspecified atom stereocenters. The smallest absolute Gasteiger partial charge is 0.301 e. The maximum Gasteiger partial charge on any atom is 0.301 e. The zero-order chi connectivity index (χ0) is 9.84. The molecule has 1 aromatic heterocycles. The number of nitrogens with one attached hydrogen (secondary N) is 1. The van der Waals surface area contributed by atoms with E-state index in [1.165, 1.54) is 6.26 Å². The second-order valence-electron chi connectivity index (χ2n) is 2.72. The van der Waals surface area contributed by atoms with Gasteiger partial charge in [-0.2, -0.15) is 4.98 Å². The molecular weight excluding hydrogens is 168 g/mol. The van der Waals surface area contributed by atoms with Crippen molar-refractivity contribution in [2.24, 2.45) is 0 Å². The minimum absolute atomic E-state index is 0.116. The summed E-state index contributed by atoms with van der Waals surface area (Å²) in [4.78, 5) is 14.9. The summed E-state index contributed by atoms with van der Waals surface area (Å²) in [6.07, 6.45) is 1.87. The van der Waals surface area contributed by atoms with Crippen LogP contribution in [0, 0.1) is 0 Å². The number of carbonyl (C=O) groups excluding carboxylic acids is 1. The summed E-state index contributed by atoms with van der Waals surface area (Å²) in [5.74, 6) is -0.116. The average Bonchev–Trinajstić information content (AvgIpc) is 2.52. The van der Waals surface area contributed by atoms with Crippen LogP contribution in [0.2, 0.25) is 0 Å². The molecule has 1 aromatic rings. The van der Waals surface area contributed by atoms with E-state index in [1.54, 1.807) is 6.92 Å². The highest BCUT2D eigenvalue weighted by Crippen LogP contribution is 2.13. The number of oxazole rings is 1. The maximum absolute atomic E-state index is 10.9. The molecule has 0 saturated carbocycles. The number of hydrogen-bond acceptors (Lipinski definition) is 3. The zero-order valence-electron chi connectivity index (χ0n) is 7.76. The van der Waals surface area contributed by atoms with Crippen molar-refractivity contribution in [2.75, 3.05) is 5.32 Å². The number of aromatic nitrogens is 1. The highest BCUT2D eigenvalue weighted by atomic mass is 16.4. The molecule has 0 saturated heterocycles. The number of anilines is 1. The van der Waals surface area contributed by atoms with Crippen LogP contribution in [0.1, 0.15) is 26.0 Å². The zero-order valence-corrected chi connectivity index (χ0v) is 7.76. The summed E-state index contributed by atoms with van der Waals surface area (Å²) < 4.78 is 4.99. The molecule has 4 heteroatoms. The Morgan fingerprint density at radius 3 is 2.92 bits per heavy atom. The van der Waals surface area contributed by atoms with Gasteiger partial charge in [-0.1, -0.05) is 13.5 Å². The molecule has 0 aliphatic rings. The van der Waals surface area contributed by atoms with Crippen LogP contribution >= 0.6 is 0 Å². The molecule has 4 nitrogen and oxygen atoms in total. The fourth-order valence-corrected chi connectivity index (χ4v) is 0.735. The SMILES string of the molecule is C=C(C)c1coc(NC(=O)CC)n1. The molecule has 1 amide bonds. The minimum atomic E-state index is -0.116. The third-order valence-corrected chi connectivity index (χ3v) is 1.51. The van der Waals surface area contributed by atoms with E-state index < -0.39 is 0 Å². The topological polar surface area (TPSA) is 55.1 Å². The molecule has 0 atom stereocenters. The molecule has 0 radical (unpaired) electrons. The van der Waals surface area contributed by atoms with Crippen molar-refractivity contribution in [1.29, 1.82) is 0 Å². The first-order chi connectivity index (χ1) is 6.13. The molecule has 70 valence electrons. The first kappa shape index (κ1) is 9.51. The van der Waals surface area contributed by atoms with Crippen molar-refractivity contribution in [3.05, 3.63) is 18.5 Å². The Morgan fingerprint density at radius 2 is 2.46 bits per heavy atom. The summed E-state index contributed by atoms with van der Waals surface area (Å²) in [6, 6.07) is 0.227. The predicted octanol–water partition coefficient (Wildman–Crippen LogP) is 2.06. The Morgan fingerprint density at radius 1 is 1.77 bits per heavy atom. The standard InChI is InChI=1S/C9H12N2O2/c1-4-8(12)11-9-10-7(5-13-9)6(2)3/h5H,2,4H2,1,3H3,(H,10,11,12). The number of rotatable bonds is 3. The summed E-state index contributed by atoms with van der Waals surface area (Å²) in [6.45, 7) is 7.29. The third kappa shape index (κ3) is 2.43. The second kappa shape index (κ2) is 3.89. The van der Waals surface area contributed by atoms with Crippen LogP contribution in [0.15, 0.2) is 17.3 Å². The van der Waals surface area contributed by atoms with Crippen molar-refractivity contribution < 1.29 is 9.21 Å². The van der Waals surface area contributed by atoms with Crippen LogP contribution in [0.3, 0.4) is 0 Å². The van der Waals surface area contributed by atoms with Crippen molar-refractivity contribution in [1.82, 2.24) is 4.98 Å². The van der Waals surface area contributed by atoms with E-state index in [2.05, 4.69) is 16.9 Å². The first-order valence-electron chi connectivity index (χ1n) is 4.04. The monoisotopic (exact) mass is 180 g/mol. The molecule has 0 spiro atoms. The largest absolute Gasteiger partial charge is 0.431 e. The van der Waals surface area contributed by atoms with Gasteiger partial charge in [0.1, 0.15) is 12.0 Å². The number of nitrogens with zero attached hydrogens (tertiary/aromatic N) is 1. The van der Waals surface area contributed by atoms with Gasteiger partial charge in [-0.05, 0) is 12.5 Å². The summed E-state index contributed by atoms with van der Waals surface area (Å²) in [7, 11) is 0. The van der Waals surface area contributed by atoms with Gasteiger partial charge in [-0.25, -0.2) is 0 Å². The lowest BCUT2D eigenvalue weighted by atomic mass is 10.3. The van der Waals surface area contributed by atoms with E-state index in [0.29, 0.717) is 12.1 Å². The van der Waals surface area contributed by atoms with Crippen LogP contribution < -0.4 is 5.32 Å². The predicted molar refractivity (Wildman–Crippen MR) is 50.1 cm³/mol. The number of carbonyl (C=O) groups is 1. The normalized spacial score (nSPS) is 9.69. The van der Waals surface area contributed by atoms with Gasteiger partial charge in [0.15, 0.2) is 0 Å². The highest BCUT2D eigenvalue weighted by Gasteiger charge is 2.06. The Labute approximate surface area is 76.7 Å². The van der Waals surface area contributed by atoms with Crippen LogP contribution in [0.4, 0.5) is 6.01 Å². The van der Waals surface area contributed by atoms with Crippen molar-refractivity contribution >= 4 is 17.5 Å². The van der Waals surface area contributed by atoms with Gasteiger partial charge in [0.05, 0.1) is 0 Å². The van der Waals surface area contributed by atoms with E-state index in [0.717, 1.165) is 5.57 Å². The van der Waals surface area contributed by atoms with Crippen molar-refractivity contribution in [3.8, 4) is 0 Å². The van der Waals surface area contributed by atoms with Gasteiger partial charge < -0.3 is 4.42 Å². The summed E-state index contributed by atoms with van der Waals surface area (Å²) in [5.41, 5.74) is 1.46. The van der Waals surface area contributed by atoms with Gasteiger partial charge in [-0.3, -0.25) is 10.1 Å². The lowest BCUT2D eigenvalue weighted by molar-refractivity contribution is -0.116. The van der Waals surface area contributed by atoms with Gasteiger partial charge in [0, 0.05) is 6.42 Å². The summed E-state index contributed by atoms with van der Waals surface area (Å²) >= 11 is 0.